The first-order chi connectivity index (χ1) is 9.60. The van der Waals surface area contributed by atoms with Gasteiger partial charge in [0, 0.05) is 0 Å². The topological polar surface area (TPSA) is 82.8 Å². The molecule has 0 atom stereocenters. The zero-order valence-electron chi connectivity index (χ0n) is 10.9. The van der Waals surface area contributed by atoms with Crippen molar-refractivity contribution in [2.24, 2.45) is 0 Å². The van der Waals surface area contributed by atoms with E-state index in [-0.39, 0.29) is 10.9 Å². The first-order valence-corrected chi connectivity index (χ1v) is 5.76. The van der Waals surface area contributed by atoms with E-state index in [0.717, 1.165) is 20.5 Å². The lowest BCUT2D eigenvalue weighted by Gasteiger charge is -2.11. The van der Waals surface area contributed by atoms with Gasteiger partial charge in [-0.15, -0.1) is 0 Å². The van der Waals surface area contributed by atoms with Crippen LogP contribution < -0.4 is 5.43 Å². The number of rotatable bonds is 3. The number of benzene rings is 1. The van der Waals surface area contributed by atoms with E-state index in [1.165, 1.54) is 0 Å². The number of hydrogen-bond donors (Lipinski definition) is 0. The molecule has 0 bridgehead atoms. The Hall–Kier alpha value is -2.63. The highest BCUT2D eigenvalue weighted by Crippen LogP contribution is 2.19. The van der Waals surface area contributed by atoms with Crippen molar-refractivity contribution in [2.75, 3.05) is 14.2 Å². The third kappa shape index (κ3) is 2.27. The average molecular weight is 276 g/mol. The van der Waals surface area contributed by atoms with Crippen LogP contribution in [-0.4, -0.2) is 26.2 Å². The Morgan fingerprint density at radius 3 is 2.30 bits per heavy atom. The van der Waals surface area contributed by atoms with Crippen molar-refractivity contribution in [2.45, 2.75) is 5.92 Å². The van der Waals surface area contributed by atoms with Crippen LogP contribution in [0.5, 0.6) is 0 Å². The van der Waals surface area contributed by atoms with Gasteiger partial charge in [0.25, 0.3) is 0 Å². The van der Waals surface area contributed by atoms with Crippen LogP contribution in [0.4, 0.5) is 0 Å². The minimum absolute atomic E-state index is 0.109. The zero-order chi connectivity index (χ0) is 14.7. The molecule has 1 heterocycles. The van der Waals surface area contributed by atoms with E-state index in [4.69, 9.17) is 4.42 Å². The molecule has 0 spiro atoms. The number of fused-ring (bicyclic) bond motifs is 1. The Morgan fingerprint density at radius 1 is 1.10 bits per heavy atom. The highest BCUT2D eigenvalue weighted by atomic mass is 16.5. The summed E-state index contributed by atoms with van der Waals surface area (Å²) in [6.45, 7) is 0. The molecule has 1 aromatic carbocycles. The van der Waals surface area contributed by atoms with Gasteiger partial charge in [-0.05, 0) is 12.1 Å². The molecule has 20 heavy (non-hydrogen) atoms. The Balaban J connectivity index is 2.65. The maximum Gasteiger partial charge on any atom is 0.324 e. The van der Waals surface area contributed by atoms with Crippen LogP contribution in [0.25, 0.3) is 11.0 Å². The first kappa shape index (κ1) is 13.8. The van der Waals surface area contributed by atoms with Crippen LogP contribution in [0, 0.1) is 0 Å². The molecule has 0 radical (unpaired) electrons. The Bertz CT molecular complexity index is 699. The zero-order valence-corrected chi connectivity index (χ0v) is 10.9. The van der Waals surface area contributed by atoms with Crippen molar-refractivity contribution >= 4 is 22.9 Å². The van der Waals surface area contributed by atoms with Gasteiger partial charge in [0.2, 0.25) is 0 Å². The molecule has 0 amide bonds. The van der Waals surface area contributed by atoms with E-state index < -0.39 is 23.3 Å². The number of carbonyl (C=O) groups is 2. The molecular weight excluding hydrogens is 264 g/mol. The number of carbonyl (C=O) groups excluding carboxylic acids is 2. The fourth-order valence-electron chi connectivity index (χ4n) is 1.88. The largest absolute Gasteiger partial charge is 0.468 e. The monoisotopic (exact) mass is 276 g/mol. The molecule has 0 aliphatic rings. The third-order valence-electron chi connectivity index (χ3n) is 2.89. The molecule has 0 fully saturated rings. The van der Waals surface area contributed by atoms with Crippen LogP contribution in [0.3, 0.4) is 0 Å². The lowest BCUT2D eigenvalue weighted by molar-refractivity contribution is -0.154. The number of ether oxygens (including phenoxy) is 2. The Morgan fingerprint density at radius 2 is 1.70 bits per heavy atom. The normalized spacial score (nSPS) is 10.6. The lowest BCUT2D eigenvalue weighted by atomic mass is 9.99. The van der Waals surface area contributed by atoms with Crippen LogP contribution in [0.1, 0.15) is 11.5 Å². The van der Waals surface area contributed by atoms with Gasteiger partial charge in [-0.2, -0.15) is 0 Å². The summed E-state index contributed by atoms with van der Waals surface area (Å²) in [5, 5.41) is 0.280. The molecule has 0 aliphatic carbocycles. The molecule has 0 unspecified atom stereocenters. The summed E-state index contributed by atoms with van der Waals surface area (Å²) in [5.41, 5.74) is -0.204. The summed E-state index contributed by atoms with van der Waals surface area (Å²) >= 11 is 0. The maximum atomic E-state index is 12.3. The van der Waals surface area contributed by atoms with Crippen molar-refractivity contribution in [1.82, 2.24) is 0 Å². The lowest BCUT2D eigenvalue weighted by Crippen LogP contribution is -2.29. The van der Waals surface area contributed by atoms with E-state index in [9.17, 15) is 14.4 Å². The molecule has 0 saturated carbocycles. The number of methoxy groups -OCH3 is 2. The smallest absolute Gasteiger partial charge is 0.324 e. The summed E-state index contributed by atoms with van der Waals surface area (Å²) in [5.74, 6) is -3.20. The predicted octanol–water partition coefficient (Wildman–Crippen LogP) is 1.22. The maximum absolute atomic E-state index is 12.3. The van der Waals surface area contributed by atoms with Gasteiger partial charge >= 0.3 is 11.9 Å². The van der Waals surface area contributed by atoms with Gasteiger partial charge in [0.1, 0.15) is 5.58 Å². The fourth-order valence-corrected chi connectivity index (χ4v) is 1.88. The van der Waals surface area contributed by atoms with Crippen LogP contribution in [-0.2, 0) is 19.1 Å². The highest BCUT2D eigenvalue weighted by Gasteiger charge is 2.33. The van der Waals surface area contributed by atoms with Crippen molar-refractivity contribution in [3.05, 3.63) is 46.3 Å². The van der Waals surface area contributed by atoms with Crippen molar-refractivity contribution in [1.29, 1.82) is 0 Å². The summed E-state index contributed by atoms with van der Waals surface area (Å²) in [6, 6.07) is 6.54. The predicted molar refractivity (Wildman–Crippen MR) is 69.3 cm³/mol. The average Bonchev–Trinajstić information content (AvgIpc) is 2.49. The van der Waals surface area contributed by atoms with E-state index in [1.54, 1.807) is 24.3 Å². The first-order valence-electron chi connectivity index (χ1n) is 5.76. The number of hydrogen-bond acceptors (Lipinski definition) is 6. The van der Waals surface area contributed by atoms with E-state index >= 15 is 0 Å². The summed E-state index contributed by atoms with van der Waals surface area (Å²) in [7, 11) is 2.25. The van der Waals surface area contributed by atoms with Gasteiger partial charge < -0.3 is 13.9 Å². The molecule has 0 aliphatic heterocycles. The minimum Gasteiger partial charge on any atom is -0.468 e. The van der Waals surface area contributed by atoms with Gasteiger partial charge in [-0.1, -0.05) is 12.1 Å². The molecular formula is C14H12O6. The van der Waals surface area contributed by atoms with Crippen molar-refractivity contribution < 1.29 is 23.5 Å². The van der Waals surface area contributed by atoms with E-state index in [1.807, 2.05) is 0 Å². The second kappa shape index (κ2) is 5.56. The molecule has 1 aromatic heterocycles. The highest BCUT2D eigenvalue weighted by molar-refractivity contribution is 6.01. The minimum atomic E-state index is -1.45. The summed E-state index contributed by atoms with van der Waals surface area (Å²) in [4.78, 5) is 35.7. The molecule has 0 saturated heterocycles. The van der Waals surface area contributed by atoms with Crippen molar-refractivity contribution in [3.8, 4) is 0 Å². The quantitative estimate of drug-likeness (QED) is 0.619. The third-order valence-corrected chi connectivity index (χ3v) is 2.89. The Kier molecular flexibility index (Phi) is 3.84. The van der Waals surface area contributed by atoms with Gasteiger partial charge in [-0.25, -0.2) is 0 Å². The van der Waals surface area contributed by atoms with E-state index in [2.05, 4.69) is 9.47 Å². The molecule has 6 heteroatoms. The van der Waals surface area contributed by atoms with Crippen LogP contribution >= 0.6 is 0 Å². The standard InChI is InChI=1S/C14H12O6/c1-18-13(16)11(14(17)19-2)9-7-20-10-6-4-3-5-8(10)12(9)15/h3-7,11H,1-2H3. The van der Waals surface area contributed by atoms with Crippen LogP contribution in [0.15, 0.2) is 39.7 Å². The number of esters is 2. The number of para-hydroxylation sites is 1. The van der Waals surface area contributed by atoms with Crippen molar-refractivity contribution in [3.63, 3.8) is 0 Å². The van der Waals surface area contributed by atoms with E-state index in [0.29, 0.717) is 5.58 Å². The Labute approximate surface area is 113 Å². The molecule has 0 N–H and O–H groups in total. The van der Waals surface area contributed by atoms with Gasteiger partial charge in [-0.3, -0.25) is 14.4 Å². The summed E-state index contributed by atoms with van der Waals surface area (Å²) < 4.78 is 14.4. The second-order valence-electron chi connectivity index (χ2n) is 4.00. The molecule has 6 nitrogen and oxygen atoms in total. The fraction of sp³-hybridized carbons (Fsp3) is 0.214. The molecule has 2 rings (SSSR count). The SMILES string of the molecule is COC(=O)C(C(=O)OC)c1coc2ccccc2c1=O. The summed E-state index contributed by atoms with van der Waals surface area (Å²) in [6.07, 6.45) is 1.09. The van der Waals surface area contributed by atoms with Gasteiger partial charge in [0.15, 0.2) is 11.3 Å². The molecule has 2 aromatic rings. The molecule has 104 valence electrons. The van der Waals surface area contributed by atoms with Crippen LogP contribution in [0.2, 0.25) is 0 Å². The van der Waals surface area contributed by atoms with Gasteiger partial charge in [0.05, 0.1) is 31.4 Å². The second-order valence-corrected chi connectivity index (χ2v) is 4.00.